The van der Waals surface area contributed by atoms with Crippen molar-refractivity contribution in [2.24, 2.45) is 5.92 Å². The highest BCUT2D eigenvalue weighted by atomic mass is 16.5. The van der Waals surface area contributed by atoms with Crippen molar-refractivity contribution in [3.8, 4) is 0 Å². The van der Waals surface area contributed by atoms with Gasteiger partial charge in [-0.25, -0.2) is 4.98 Å². The number of hydrogen-bond acceptors (Lipinski definition) is 4. The maximum absolute atomic E-state index is 5.85. The molecule has 0 unspecified atom stereocenters. The van der Waals surface area contributed by atoms with Crippen LogP contribution in [0.1, 0.15) is 42.2 Å². The Kier molecular flexibility index (Phi) is 4.23. The van der Waals surface area contributed by atoms with Gasteiger partial charge in [0.05, 0.1) is 30.9 Å². The van der Waals surface area contributed by atoms with E-state index in [0.717, 1.165) is 62.3 Å². The molecule has 2 aromatic heterocycles. The zero-order valence-corrected chi connectivity index (χ0v) is 13.8. The Balaban J connectivity index is 1.42. The van der Waals surface area contributed by atoms with Crippen LogP contribution in [0, 0.1) is 12.8 Å². The lowest BCUT2D eigenvalue weighted by molar-refractivity contribution is 0.107. The molecule has 5 nitrogen and oxygen atoms in total. The fourth-order valence-electron chi connectivity index (χ4n) is 3.23. The van der Waals surface area contributed by atoms with E-state index in [9.17, 15) is 0 Å². The van der Waals surface area contributed by atoms with E-state index in [4.69, 9.17) is 9.15 Å². The Morgan fingerprint density at radius 3 is 3.00 bits per heavy atom. The van der Waals surface area contributed by atoms with Gasteiger partial charge in [-0.3, -0.25) is 4.90 Å². The molecule has 2 aromatic rings. The summed E-state index contributed by atoms with van der Waals surface area (Å²) in [5.74, 6) is 2.82. The van der Waals surface area contributed by atoms with Crippen LogP contribution in [-0.2, 0) is 31.0 Å². The fourth-order valence-corrected chi connectivity index (χ4v) is 3.23. The molecule has 0 spiro atoms. The summed E-state index contributed by atoms with van der Waals surface area (Å²) in [5, 5.41) is 0. The van der Waals surface area contributed by atoms with E-state index < -0.39 is 0 Å². The average molecular weight is 315 g/mol. The number of nitrogens with zero attached hydrogens (tertiary/aromatic N) is 3. The van der Waals surface area contributed by atoms with Crippen molar-refractivity contribution < 1.29 is 9.15 Å². The summed E-state index contributed by atoms with van der Waals surface area (Å²) in [5.41, 5.74) is 2.41. The predicted molar refractivity (Wildman–Crippen MR) is 86.8 cm³/mol. The lowest BCUT2D eigenvalue weighted by Gasteiger charge is -2.18. The van der Waals surface area contributed by atoms with Gasteiger partial charge in [0.25, 0.3) is 0 Å². The number of ether oxygens (including phenoxy) is 1. The van der Waals surface area contributed by atoms with Gasteiger partial charge in [-0.1, -0.05) is 0 Å². The first-order chi connectivity index (χ1) is 11.3. The minimum absolute atomic E-state index is 0.645. The minimum atomic E-state index is 0.645. The van der Waals surface area contributed by atoms with Crippen molar-refractivity contribution in [1.29, 1.82) is 0 Å². The van der Waals surface area contributed by atoms with Crippen LogP contribution in [0.5, 0.6) is 0 Å². The van der Waals surface area contributed by atoms with Crippen LogP contribution in [-0.4, -0.2) is 27.6 Å². The molecular weight excluding hydrogens is 290 g/mol. The highest BCUT2D eigenvalue weighted by molar-refractivity contribution is 5.14. The smallest absolute Gasteiger partial charge is 0.118 e. The van der Waals surface area contributed by atoms with Gasteiger partial charge in [-0.15, -0.1) is 0 Å². The number of aryl methyl sites for hydroxylation is 2. The number of rotatable bonds is 6. The summed E-state index contributed by atoms with van der Waals surface area (Å²) in [6.07, 6.45) is 5.78. The van der Waals surface area contributed by atoms with E-state index in [2.05, 4.69) is 20.5 Å². The maximum Gasteiger partial charge on any atom is 0.118 e. The van der Waals surface area contributed by atoms with Gasteiger partial charge in [0.15, 0.2) is 0 Å². The third-order valence-electron chi connectivity index (χ3n) is 4.74. The van der Waals surface area contributed by atoms with Crippen molar-refractivity contribution in [3.05, 3.63) is 41.4 Å². The van der Waals surface area contributed by atoms with E-state index in [1.54, 1.807) is 0 Å². The first-order valence-electron chi connectivity index (χ1n) is 8.66. The lowest BCUT2D eigenvalue weighted by atomic mass is 10.3. The minimum Gasteiger partial charge on any atom is -0.465 e. The summed E-state index contributed by atoms with van der Waals surface area (Å²) >= 11 is 0. The number of hydrogen-bond donors (Lipinski definition) is 0. The maximum atomic E-state index is 5.85. The van der Waals surface area contributed by atoms with Crippen molar-refractivity contribution >= 4 is 0 Å². The highest BCUT2D eigenvalue weighted by Crippen LogP contribution is 2.29. The summed E-state index contributed by atoms with van der Waals surface area (Å²) < 4.78 is 13.9. The normalized spacial score (nSPS) is 18.8. The molecule has 0 N–H and O–H groups in total. The Morgan fingerprint density at radius 1 is 1.30 bits per heavy atom. The molecule has 1 fully saturated rings. The van der Waals surface area contributed by atoms with Crippen molar-refractivity contribution in [2.45, 2.75) is 52.4 Å². The topological polar surface area (TPSA) is 43.4 Å². The second-order valence-corrected chi connectivity index (χ2v) is 6.87. The molecule has 1 saturated carbocycles. The van der Waals surface area contributed by atoms with Crippen LogP contribution >= 0.6 is 0 Å². The fraction of sp³-hybridized carbons (Fsp3) is 0.611. The monoisotopic (exact) mass is 315 g/mol. The molecule has 0 bridgehead atoms. The summed E-state index contributed by atoms with van der Waals surface area (Å²) in [6, 6.07) is 4.12. The number of aromatic nitrogens is 2. The lowest BCUT2D eigenvalue weighted by Crippen LogP contribution is -2.23. The Hall–Kier alpha value is -1.59. The molecule has 0 aromatic carbocycles. The molecular formula is C18H25N3O2. The van der Waals surface area contributed by atoms with Crippen LogP contribution in [0.2, 0.25) is 0 Å². The van der Waals surface area contributed by atoms with Crippen molar-refractivity contribution in [2.75, 3.05) is 13.2 Å². The highest BCUT2D eigenvalue weighted by Gasteiger charge is 2.23. The van der Waals surface area contributed by atoms with E-state index in [-0.39, 0.29) is 0 Å². The molecule has 5 heteroatoms. The van der Waals surface area contributed by atoms with Gasteiger partial charge in [-0.05, 0) is 44.2 Å². The van der Waals surface area contributed by atoms with Gasteiger partial charge < -0.3 is 13.7 Å². The van der Waals surface area contributed by atoms with Gasteiger partial charge in [-0.2, -0.15) is 0 Å². The van der Waals surface area contributed by atoms with Crippen molar-refractivity contribution in [1.82, 2.24) is 14.5 Å². The molecule has 23 heavy (non-hydrogen) atoms. The largest absolute Gasteiger partial charge is 0.465 e. The summed E-state index contributed by atoms with van der Waals surface area (Å²) in [4.78, 5) is 7.04. The second-order valence-electron chi connectivity index (χ2n) is 6.87. The number of imidazole rings is 1. The summed E-state index contributed by atoms with van der Waals surface area (Å²) in [6.45, 7) is 7.44. The van der Waals surface area contributed by atoms with Gasteiger partial charge in [0, 0.05) is 26.2 Å². The second kappa shape index (κ2) is 6.49. The first kappa shape index (κ1) is 15.0. The molecule has 124 valence electrons. The van der Waals surface area contributed by atoms with Gasteiger partial charge in [0.2, 0.25) is 0 Å². The number of fused-ring (bicyclic) bond motifs is 1. The Bertz CT molecular complexity index is 657. The van der Waals surface area contributed by atoms with Gasteiger partial charge in [0.1, 0.15) is 11.5 Å². The third kappa shape index (κ3) is 3.67. The van der Waals surface area contributed by atoms with Crippen LogP contribution in [0.15, 0.2) is 22.9 Å². The quantitative estimate of drug-likeness (QED) is 0.821. The standard InChI is InChI=1S/C18H25N3O2/c1-14-3-6-16(23-14)9-20-7-2-8-21-13-19-17(18(21)10-20)12-22-11-15-4-5-15/h3,6,13,15H,2,4-5,7-12H2,1H3. The number of furan rings is 1. The Labute approximate surface area is 137 Å². The summed E-state index contributed by atoms with van der Waals surface area (Å²) in [7, 11) is 0. The molecule has 0 saturated heterocycles. The third-order valence-corrected chi connectivity index (χ3v) is 4.74. The van der Waals surface area contributed by atoms with E-state index in [1.807, 2.05) is 19.3 Å². The van der Waals surface area contributed by atoms with E-state index in [0.29, 0.717) is 6.61 Å². The molecule has 0 radical (unpaired) electrons. The predicted octanol–water partition coefficient (Wildman–Crippen LogP) is 3.12. The molecule has 0 atom stereocenters. The molecule has 2 aliphatic rings. The first-order valence-corrected chi connectivity index (χ1v) is 8.66. The van der Waals surface area contributed by atoms with Crippen LogP contribution in [0.3, 0.4) is 0 Å². The Morgan fingerprint density at radius 2 is 2.22 bits per heavy atom. The van der Waals surface area contributed by atoms with Crippen molar-refractivity contribution in [3.63, 3.8) is 0 Å². The van der Waals surface area contributed by atoms with E-state index in [1.165, 1.54) is 18.5 Å². The van der Waals surface area contributed by atoms with Crippen LogP contribution in [0.4, 0.5) is 0 Å². The molecule has 0 amide bonds. The van der Waals surface area contributed by atoms with E-state index >= 15 is 0 Å². The average Bonchev–Trinajstić information content (AvgIpc) is 3.21. The zero-order chi connectivity index (χ0) is 15.6. The SMILES string of the molecule is Cc1ccc(CN2CCCn3cnc(COCC4CC4)c3C2)o1. The molecule has 4 rings (SSSR count). The molecule has 1 aliphatic carbocycles. The van der Waals surface area contributed by atoms with Gasteiger partial charge >= 0.3 is 0 Å². The molecule has 1 aliphatic heterocycles. The molecule has 3 heterocycles. The zero-order valence-electron chi connectivity index (χ0n) is 13.8. The van der Waals surface area contributed by atoms with Crippen LogP contribution in [0.25, 0.3) is 0 Å². The van der Waals surface area contributed by atoms with Crippen LogP contribution < -0.4 is 0 Å².